The lowest BCUT2D eigenvalue weighted by molar-refractivity contribution is 0.462. The molecule has 1 heterocycles. The number of hydrogen-bond acceptors (Lipinski definition) is 3. The van der Waals surface area contributed by atoms with E-state index in [0.717, 1.165) is 19.3 Å². The van der Waals surface area contributed by atoms with Crippen LogP contribution in [0.1, 0.15) is 26.2 Å². The largest absolute Gasteiger partial charge is 0.330 e. The predicted octanol–water partition coefficient (Wildman–Crippen LogP) is 0.549. The van der Waals surface area contributed by atoms with Crippen molar-refractivity contribution >= 4 is 9.84 Å². The number of sulfone groups is 1. The van der Waals surface area contributed by atoms with E-state index >= 15 is 0 Å². The molecule has 1 aliphatic heterocycles. The lowest BCUT2D eigenvalue weighted by Gasteiger charge is -2.26. The molecule has 0 spiro atoms. The molecule has 4 heteroatoms. The van der Waals surface area contributed by atoms with Crippen molar-refractivity contribution < 1.29 is 8.42 Å². The summed E-state index contributed by atoms with van der Waals surface area (Å²) in [5.74, 6) is 0.484. The first-order valence-corrected chi connectivity index (χ1v) is 6.21. The summed E-state index contributed by atoms with van der Waals surface area (Å²) >= 11 is 0. The molecule has 0 aromatic carbocycles. The standard InChI is InChI=1S/C8H17NO2S/c1-7(6-9)8-4-2-3-5-12(8,10)11/h7-8H,2-6,9H2,1H3. The number of nitrogens with two attached hydrogens (primary N) is 1. The van der Waals surface area contributed by atoms with Crippen LogP contribution in [-0.4, -0.2) is 26.0 Å². The molecule has 1 saturated heterocycles. The van der Waals surface area contributed by atoms with Crippen LogP contribution in [0.2, 0.25) is 0 Å². The van der Waals surface area contributed by atoms with E-state index in [1.165, 1.54) is 0 Å². The Balaban J connectivity index is 2.73. The Hall–Kier alpha value is -0.0900. The van der Waals surface area contributed by atoms with Crippen molar-refractivity contribution in [2.75, 3.05) is 12.3 Å². The molecule has 2 N–H and O–H groups in total. The molecule has 3 nitrogen and oxygen atoms in total. The Bertz CT molecular complexity index is 235. The summed E-state index contributed by atoms with van der Waals surface area (Å²) in [6, 6.07) is 0. The fourth-order valence-corrected chi connectivity index (χ4v) is 4.02. The Morgan fingerprint density at radius 1 is 1.50 bits per heavy atom. The smallest absolute Gasteiger partial charge is 0.153 e. The molecule has 0 saturated carbocycles. The molecule has 1 fully saturated rings. The third-order valence-electron chi connectivity index (χ3n) is 2.64. The molecule has 12 heavy (non-hydrogen) atoms. The lowest BCUT2D eigenvalue weighted by atomic mass is 10.0. The Morgan fingerprint density at radius 2 is 2.17 bits per heavy atom. The average Bonchev–Trinajstić information content (AvgIpc) is 2.02. The molecular formula is C8H17NO2S. The Labute approximate surface area is 74.3 Å². The highest BCUT2D eigenvalue weighted by Gasteiger charge is 2.32. The summed E-state index contributed by atoms with van der Waals surface area (Å²) in [4.78, 5) is 0. The molecule has 0 aliphatic carbocycles. The SMILES string of the molecule is CC(CN)C1CCCCS1(=O)=O. The summed E-state index contributed by atoms with van der Waals surface area (Å²) < 4.78 is 23.1. The van der Waals surface area contributed by atoms with Gasteiger partial charge in [0, 0.05) is 0 Å². The maximum Gasteiger partial charge on any atom is 0.153 e. The molecule has 1 aliphatic rings. The van der Waals surface area contributed by atoms with E-state index in [1.54, 1.807) is 0 Å². The quantitative estimate of drug-likeness (QED) is 0.693. The zero-order chi connectivity index (χ0) is 9.19. The molecule has 0 amide bonds. The molecule has 0 aromatic heterocycles. The van der Waals surface area contributed by atoms with Crippen molar-refractivity contribution in [3.8, 4) is 0 Å². The molecule has 2 unspecified atom stereocenters. The van der Waals surface area contributed by atoms with Crippen molar-refractivity contribution in [2.45, 2.75) is 31.4 Å². The highest BCUT2D eigenvalue weighted by Crippen LogP contribution is 2.24. The van der Waals surface area contributed by atoms with Crippen LogP contribution >= 0.6 is 0 Å². The van der Waals surface area contributed by atoms with Gasteiger partial charge in [0.15, 0.2) is 9.84 Å². The first kappa shape index (κ1) is 9.99. The minimum Gasteiger partial charge on any atom is -0.330 e. The maximum atomic E-state index is 11.5. The van der Waals surface area contributed by atoms with Gasteiger partial charge in [-0.1, -0.05) is 13.3 Å². The van der Waals surface area contributed by atoms with Gasteiger partial charge in [-0.15, -0.1) is 0 Å². The monoisotopic (exact) mass is 191 g/mol. The van der Waals surface area contributed by atoms with Crippen molar-refractivity contribution in [3.63, 3.8) is 0 Å². The third kappa shape index (κ3) is 1.98. The van der Waals surface area contributed by atoms with Crippen LogP contribution in [0.15, 0.2) is 0 Å². The van der Waals surface area contributed by atoms with Crippen molar-refractivity contribution in [1.29, 1.82) is 0 Å². The van der Waals surface area contributed by atoms with Crippen LogP contribution in [0.4, 0.5) is 0 Å². The van der Waals surface area contributed by atoms with E-state index in [2.05, 4.69) is 0 Å². The van der Waals surface area contributed by atoms with Gasteiger partial charge in [-0.3, -0.25) is 0 Å². The van der Waals surface area contributed by atoms with Gasteiger partial charge in [0.05, 0.1) is 11.0 Å². The summed E-state index contributed by atoms with van der Waals surface area (Å²) in [5.41, 5.74) is 5.46. The minimum atomic E-state index is -2.81. The van der Waals surface area contributed by atoms with Gasteiger partial charge < -0.3 is 5.73 Å². The third-order valence-corrected chi connectivity index (χ3v) is 5.12. The van der Waals surface area contributed by atoms with Crippen LogP contribution in [-0.2, 0) is 9.84 Å². The fraction of sp³-hybridized carbons (Fsp3) is 1.00. The van der Waals surface area contributed by atoms with E-state index in [0.29, 0.717) is 12.3 Å². The average molecular weight is 191 g/mol. The van der Waals surface area contributed by atoms with Crippen molar-refractivity contribution in [1.82, 2.24) is 0 Å². The number of rotatable bonds is 2. The highest BCUT2D eigenvalue weighted by atomic mass is 32.2. The van der Waals surface area contributed by atoms with Gasteiger partial charge in [-0.25, -0.2) is 8.42 Å². The highest BCUT2D eigenvalue weighted by molar-refractivity contribution is 7.92. The second kappa shape index (κ2) is 3.75. The molecule has 0 aromatic rings. The van der Waals surface area contributed by atoms with Gasteiger partial charge in [0.25, 0.3) is 0 Å². The van der Waals surface area contributed by atoms with Gasteiger partial charge in [-0.05, 0) is 25.3 Å². The van der Waals surface area contributed by atoms with Crippen LogP contribution in [0.5, 0.6) is 0 Å². The summed E-state index contributed by atoms with van der Waals surface area (Å²) in [5, 5.41) is -0.170. The van der Waals surface area contributed by atoms with Crippen LogP contribution in [0, 0.1) is 5.92 Å². The molecule has 0 radical (unpaired) electrons. The fourth-order valence-electron chi connectivity index (χ4n) is 1.77. The molecule has 1 rings (SSSR count). The van der Waals surface area contributed by atoms with E-state index < -0.39 is 9.84 Å². The van der Waals surface area contributed by atoms with Gasteiger partial charge in [0.2, 0.25) is 0 Å². The van der Waals surface area contributed by atoms with E-state index in [9.17, 15) is 8.42 Å². The van der Waals surface area contributed by atoms with E-state index in [-0.39, 0.29) is 11.2 Å². The van der Waals surface area contributed by atoms with Crippen LogP contribution < -0.4 is 5.73 Å². The molecule has 72 valence electrons. The molecule has 0 bridgehead atoms. The number of hydrogen-bond donors (Lipinski definition) is 1. The second-order valence-corrected chi connectivity index (χ2v) is 5.95. The van der Waals surface area contributed by atoms with Crippen molar-refractivity contribution in [2.24, 2.45) is 11.7 Å². The van der Waals surface area contributed by atoms with Crippen LogP contribution in [0.3, 0.4) is 0 Å². The minimum absolute atomic E-state index is 0.121. The zero-order valence-electron chi connectivity index (χ0n) is 7.49. The molecular weight excluding hydrogens is 174 g/mol. The maximum absolute atomic E-state index is 11.5. The van der Waals surface area contributed by atoms with Gasteiger partial charge in [0.1, 0.15) is 0 Å². The van der Waals surface area contributed by atoms with E-state index in [4.69, 9.17) is 5.73 Å². The second-order valence-electron chi connectivity index (χ2n) is 3.61. The van der Waals surface area contributed by atoms with E-state index in [1.807, 2.05) is 6.92 Å². The van der Waals surface area contributed by atoms with Gasteiger partial charge >= 0.3 is 0 Å². The molecule has 2 atom stereocenters. The summed E-state index contributed by atoms with van der Waals surface area (Å²) in [6.45, 7) is 2.40. The summed E-state index contributed by atoms with van der Waals surface area (Å²) in [6.07, 6.45) is 2.67. The van der Waals surface area contributed by atoms with Crippen molar-refractivity contribution in [3.05, 3.63) is 0 Å². The summed E-state index contributed by atoms with van der Waals surface area (Å²) in [7, 11) is -2.81. The van der Waals surface area contributed by atoms with Crippen LogP contribution in [0.25, 0.3) is 0 Å². The zero-order valence-corrected chi connectivity index (χ0v) is 8.31. The lowest BCUT2D eigenvalue weighted by Crippen LogP contribution is -2.37. The Kier molecular flexibility index (Phi) is 3.12. The first-order chi connectivity index (χ1) is 5.58. The normalized spacial score (nSPS) is 31.3. The topological polar surface area (TPSA) is 60.2 Å². The predicted molar refractivity (Wildman–Crippen MR) is 49.6 cm³/mol. The Morgan fingerprint density at radius 3 is 2.67 bits per heavy atom. The first-order valence-electron chi connectivity index (χ1n) is 4.49. The van der Waals surface area contributed by atoms with Gasteiger partial charge in [-0.2, -0.15) is 0 Å².